The van der Waals surface area contributed by atoms with Crippen molar-refractivity contribution in [2.45, 2.75) is 38.2 Å². The summed E-state index contributed by atoms with van der Waals surface area (Å²) in [6, 6.07) is 4.45. The van der Waals surface area contributed by atoms with Crippen LogP contribution in [0.25, 0.3) is 0 Å². The van der Waals surface area contributed by atoms with Crippen molar-refractivity contribution < 1.29 is 18.3 Å². The third-order valence-electron chi connectivity index (χ3n) is 3.10. The lowest BCUT2D eigenvalue weighted by Crippen LogP contribution is -2.20. The molecule has 0 unspecified atom stereocenters. The molecule has 0 radical (unpaired) electrons. The minimum Gasteiger partial charge on any atom is -0.508 e. The van der Waals surface area contributed by atoms with Gasteiger partial charge in [-0.3, -0.25) is 4.72 Å². The van der Waals surface area contributed by atoms with E-state index in [1.807, 2.05) is 0 Å². The van der Waals surface area contributed by atoms with Gasteiger partial charge in [0, 0.05) is 6.07 Å². The second kappa shape index (κ2) is 5.69. The van der Waals surface area contributed by atoms with E-state index < -0.39 is 10.0 Å². The minimum absolute atomic E-state index is 0.00199. The van der Waals surface area contributed by atoms with Crippen molar-refractivity contribution in [3.05, 3.63) is 18.2 Å². The van der Waals surface area contributed by atoms with E-state index in [9.17, 15) is 13.5 Å². The Labute approximate surface area is 113 Å². The first kappa shape index (κ1) is 14.0. The number of anilines is 1. The Morgan fingerprint density at radius 3 is 2.58 bits per heavy atom. The highest BCUT2D eigenvalue weighted by molar-refractivity contribution is 7.92. The van der Waals surface area contributed by atoms with Crippen molar-refractivity contribution in [1.29, 1.82) is 0 Å². The van der Waals surface area contributed by atoms with Gasteiger partial charge in [-0.2, -0.15) is 0 Å². The number of phenols is 1. The van der Waals surface area contributed by atoms with Gasteiger partial charge in [-0.05, 0) is 37.8 Å². The van der Waals surface area contributed by atoms with E-state index in [0.717, 1.165) is 31.9 Å². The summed E-state index contributed by atoms with van der Waals surface area (Å²) >= 11 is 0. The van der Waals surface area contributed by atoms with Crippen LogP contribution in [0.3, 0.4) is 0 Å². The molecule has 1 saturated carbocycles. The molecule has 0 spiro atoms. The van der Waals surface area contributed by atoms with Crippen LogP contribution in [0.5, 0.6) is 11.5 Å². The van der Waals surface area contributed by atoms with Crippen LogP contribution in [-0.4, -0.2) is 25.9 Å². The van der Waals surface area contributed by atoms with Gasteiger partial charge in [0.1, 0.15) is 11.5 Å². The summed E-state index contributed by atoms with van der Waals surface area (Å²) in [5.41, 5.74) is 0.285. The average molecular weight is 285 g/mol. The number of benzene rings is 1. The number of ether oxygens (including phenoxy) is 1. The maximum Gasteiger partial charge on any atom is 0.229 e. The normalized spacial score (nSPS) is 17.1. The van der Waals surface area contributed by atoms with E-state index in [1.54, 1.807) is 6.07 Å². The second-order valence-electron chi connectivity index (χ2n) is 4.93. The Morgan fingerprint density at radius 1 is 1.26 bits per heavy atom. The molecule has 0 atom stereocenters. The lowest BCUT2D eigenvalue weighted by atomic mass is 9.98. The Morgan fingerprint density at radius 2 is 1.95 bits per heavy atom. The number of hydrogen-bond acceptors (Lipinski definition) is 4. The molecule has 1 aliphatic rings. The highest BCUT2D eigenvalue weighted by atomic mass is 32.2. The molecular formula is C13H19NO4S. The molecule has 1 aromatic rings. The molecule has 0 aliphatic heterocycles. The van der Waals surface area contributed by atoms with E-state index in [4.69, 9.17) is 4.74 Å². The van der Waals surface area contributed by atoms with Crippen LogP contribution in [0.2, 0.25) is 0 Å². The number of aromatic hydroxyl groups is 1. The summed E-state index contributed by atoms with van der Waals surface area (Å²) in [5.74, 6) is 0.470. The summed E-state index contributed by atoms with van der Waals surface area (Å²) in [4.78, 5) is 0. The number of rotatable bonds is 4. The van der Waals surface area contributed by atoms with E-state index >= 15 is 0 Å². The third kappa shape index (κ3) is 4.31. The molecule has 5 nitrogen and oxygen atoms in total. The lowest BCUT2D eigenvalue weighted by molar-refractivity contribution is 0.156. The zero-order chi connectivity index (χ0) is 13.9. The Bertz CT molecular complexity index is 536. The second-order valence-corrected chi connectivity index (χ2v) is 6.68. The summed E-state index contributed by atoms with van der Waals surface area (Å²) < 4.78 is 30.8. The Kier molecular flexibility index (Phi) is 4.19. The standard InChI is InChI=1S/C13H19NO4S/c1-19(16,17)14-12-9-10(15)7-8-13(12)18-11-5-3-2-4-6-11/h7-9,11,14-15H,2-6H2,1H3. The predicted molar refractivity (Wildman–Crippen MR) is 74.1 cm³/mol. The Hall–Kier alpha value is -1.43. The van der Waals surface area contributed by atoms with Crippen LogP contribution in [-0.2, 0) is 10.0 Å². The van der Waals surface area contributed by atoms with Gasteiger partial charge in [0.05, 0.1) is 18.0 Å². The van der Waals surface area contributed by atoms with Gasteiger partial charge in [-0.15, -0.1) is 0 Å². The molecule has 1 aliphatic carbocycles. The molecule has 0 bridgehead atoms. The van der Waals surface area contributed by atoms with Crippen molar-refractivity contribution in [2.75, 3.05) is 11.0 Å². The van der Waals surface area contributed by atoms with Crippen molar-refractivity contribution in [3.63, 3.8) is 0 Å². The van der Waals surface area contributed by atoms with Crippen molar-refractivity contribution in [3.8, 4) is 11.5 Å². The molecule has 0 saturated heterocycles. The first-order chi connectivity index (χ1) is 8.94. The van der Waals surface area contributed by atoms with Crippen LogP contribution < -0.4 is 9.46 Å². The average Bonchev–Trinajstić information content (AvgIpc) is 2.32. The van der Waals surface area contributed by atoms with Gasteiger partial charge in [0.25, 0.3) is 0 Å². The van der Waals surface area contributed by atoms with Crippen molar-refractivity contribution in [2.24, 2.45) is 0 Å². The van der Waals surface area contributed by atoms with E-state index in [2.05, 4.69) is 4.72 Å². The SMILES string of the molecule is CS(=O)(=O)Nc1cc(O)ccc1OC1CCCCC1. The number of hydrogen-bond donors (Lipinski definition) is 2. The molecule has 1 aromatic carbocycles. The number of phenolic OH excluding ortho intramolecular Hbond substituents is 1. The summed E-state index contributed by atoms with van der Waals surface area (Å²) in [6.07, 6.45) is 6.66. The summed E-state index contributed by atoms with van der Waals surface area (Å²) in [7, 11) is -3.40. The number of nitrogens with one attached hydrogen (secondary N) is 1. The minimum atomic E-state index is -3.40. The van der Waals surface area contributed by atoms with Gasteiger partial charge in [0.2, 0.25) is 10.0 Å². The van der Waals surface area contributed by atoms with E-state index in [1.165, 1.54) is 18.6 Å². The Balaban J connectivity index is 2.18. The van der Waals surface area contributed by atoms with E-state index in [-0.39, 0.29) is 17.5 Å². The topological polar surface area (TPSA) is 75.6 Å². The summed E-state index contributed by atoms with van der Waals surface area (Å²) in [6.45, 7) is 0. The quantitative estimate of drug-likeness (QED) is 0.891. The van der Waals surface area contributed by atoms with Crippen LogP contribution in [0, 0.1) is 0 Å². The molecule has 0 heterocycles. The van der Waals surface area contributed by atoms with Crippen LogP contribution in [0.15, 0.2) is 18.2 Å². The van der Waals surface area contributed by atoms with Gasteiger partial charge in [-0.1, -0.05) is 6.42 Å². The van der Waals surface area contributed by atoms with Crippen LogP contribution >= 0.6 is 0 Å². The molecule has 2 rings (SSSR count). The molecule has 6 heteroatoms. The molecule has 0 amide bonds. The summed E-state index contributed by atoms with van der Waals surface area (Å²) in [5, 5.41) is 9.45. The number of sulfonamides is 1. The fourth-order valence-electron chi connectivity index (χ4n) is 2.26. The molecule has 106 valence electrons. The lowest BCUT2D eigenvalue weighted by Gasteiger charge is -2.24. The predicted octanol–water partition coefficient (Wildman–Crippen LogP) is 2.48. The first-order valence-corrected chi connectivity index (χ1v) is 8.31. The van der Waals surface area contributed by atoms with Gasteiger partial charge < -0.3 is 9.84 Å². The van der Waals surface area contributed by atoms with Crippen molar-refractivity contribution in [1.82, 2.24) is 0 Å². The fourth-order valence-corrected chi connectivity index (χ4v) is 2.82. The largest absolute Gasteiger partial charge is 0.508 e. The smallest absolute Gasteiger partial charge is 0.229 e. The maximum absolute atomic E-state index is 11.3. The monoisotopic (exact) mass is 285 g/mol. The molecule has 2 N–H and O–H groups in total. The highest BCUT2D eigenvalue weighted by Gasteiger charge is 2.17. The zero-order valence-electron chi connectivity index (χ0n) is 10.9. The molecule has 1 fully saturated rings. The first-order valence-electron chi connectivity index (χ1n) is 6.41. The molecular weight excluding hydrogens is 266 g/mol. The maximum atomic E-state index is 11.3. The van der Waals surface area contributed by atoms with Gasteiger partial charge in [-0.25, -0.2) is 8.42 Å². The van der Waals surface area contributed by atoms with Gasteiger partial charge in [0.15, 0.2) is 0 Å². The molecule has 19 heavy (non-hydrogen) atoms. The zero-order valence-corrected chi connectivity index (χ0v) is 11.7. The fraction of sp³-hybridized carbons (Fsp3) is 0.538. The van der Waals surface area contributed by atoms with Crippen LogP contribution in [0.1, 0.15) is 32.1 Å². The molecule has 0 aromatic heterocycles. The third-order valence-corrected chi connectivity index (χ3v) is 3.70. The highest BCUT2D eigenvalue weighted by Crippen LogP contribution is 2.32. The van der Waals surface area contributed by atoms with E-state index in [0.29, 0.717) is 5.75 Å². The van der Waals surface area contributed by atoms with Crippen LogP contribution in [0.4, 0.5) is 5.69 Å². The van der Waals surface area contributed by atoms with Gasteiger partial charge >= 0.3 is 0 Å². The van der Waals surface area contributed by atoms with Crippen molar-refractivity contribution >= 4 is 15.7 Å².